The molecule has 0 unspecified atom stereocenters. The molecule has 2 aromatic rings. The summed E-state index contributed by atoms with van der Waals surface area (Å²) in [6, 6.07) is 9.51. The molecule has 0 radical (unpaired) electrons. The van der Waals surface area contributed by atoms with Crippen LogP contribution in [-0.4, -0.2) is 32.7 Å². The van der Waals surface area contributed by atoms with Crippen molar-refractivity contribution in [2.75, 3.05) is 6.61 Å². The van der Waals surface area contributed by atoms with Gasteiger partial charge in [0.05, 0.1) is 18.8 Å². The average Bonchev–Trinajstić information content (AvgIpc) is 2.87. The number of hydrogen-bond donors (Lipinski definition) is 1. The summed E-state index contributed by atoms with van der Waals surface area (Å²) in [5, 5.41) is 16.8. The van der Waals surface area contributed by atoms with Crippen molar-refractivity contribution < 1.29 is 14.6 Å². The maximum atomic E-state index is 11.2. The zero-order chi connectivity index (χ0) is 15.9. The molecule has 6 nitrogen and oxygen atoms in total. The molecule has 6 heteroatoms. The number of carboxylic acid groups (broad SMARTS) is 1. The van der Waals surface area contributed by atoms with E-state index in [1.54, 1.807) is 4.68 Å². The summed E-state index contributed by atoms with van der Waals surface area (Å²) >= 11 is 0. The third-order valence-corrected chi connectivity index (χ3v) is 3.03. The highest BCUT2D eigenvalue weighted by Gasteiger charge is 2.18. The maximum absolute atomic E-state index is 11.2. The Kier molecular flexibility index (Phi) is 5.30. The molecule has 0 saturated carbocycles. The maximum Gasteiger partial charge on any atom is 0.358 e. The first-order valence-corrected chi connectivity index (χ1v) is 7.06. The minimum absolute atomic E-state index is 0.000890. The Bertz CT molecular complexity index is 650. The van der Waals surface area contributed by atoms with E-state index in [4.69, 9.17) is 4.74 Å². The van der Waals surface area contributed by atoms with Gasteiger partial charge in [0.15, 0.2) is 5.69 Å². The van der Waals surface area contributed by atoms with Gasteiger partial charge in [-0.15, -0.1) is 5.10 Å². The number of aromatic carboxylic acids is 1. The van der Waals surface area contributed by atoms with Gasteiger partial charge in [-0.05, 0) is 31.9 Å². The van der Waals surface area contributed by atoms with Gasteiger partial charge in [0.25, 0.3) is 0 Å². The molecule has 0 spiro atoms. The van der Waals surface area contributed by atoms with Crippen LogP contribution >= 0.6 is 0 Å². The van der Waals surface area contributed by atoms with Crippen LogP contribution in [0.15, 0.2) is 42.5 Å². The van der Waals surface area contributed by atoms with Crippen LogP contribution in [-0.2, 0) is 13.0 Å². The van der Waals surface area contributed by atoms with Crippen molar-refractivity contribution in [1.29, 1.82) is 0 Å². The normalized spacial score (nSPS) is 10.4. The third kappa shape index (κ3) is 4.18. The second kappa shape index (κ2) is 7.40. The number of carboxylic acids is 1. The fourth-order valence-electron chi connectivity index (χ4n) is 2.08. The predicted octanol–water partition coefficient (Wildman–Crippen LogP) is 2.56. The van der Waals surface area contributed by atoms with Crippen LogP contribution in [0.1, 0.15) is 29.5 Å². The van der Waals surface area contributed by atoms with Crippen molar-refractivity contribution in [3.05, 3.63) is 53.9 Å². The molecule has 0 aliphatic heterocycles. The standard InChI is InChI=1S/C16H19N3O3/c1-12(2)11-19-14(15(16(20)21)17-18-19)9-6-10-22-13-7-4-3-5-8-13/h3-5,7-8H,1,6,9-11H2,2H3,(H,20,21). The van der Waals surface area contributed by atoms with E-state index in [9.17, 15) is 9.90 Å². The van der Waals surface area contributed by atoms with Gasteiger partial charge in [-0.3, -0.25) is 0 Å². The first kappa shape index (κ1) is 15.8. The van der Waals surface area contributed by atoms with E-state index < -0.39 is 5.97 Å². The Morgan fingerprint density at radius 3 is 2.73 bits per heavy atom. The SMILES string of the molecule is C=C(C)Cn1nnc(C(=O)O)c1CCCOc1ccccc1. The molecule has 22 heavy (non-hydrogen) atoms. The molecule has 1 heterocycles. The van der Waals surface area contributed by atoms with Gasteiger partial charge in [0.2, 0.25) is 0 Å². The molecule has 1 aromatic carbocycles. The largest absolute Gasteiger partial charge is 0.494 e. The first-order chi connectivity index (χ1) is 10.6. The molecule has 2 rings (SSSR count). The van der Waals surface area contributed by atoms with Gasteiger partial charge in [0.1, 0.15) is 5.75 Å². The Balaban J connectivity index is 1.97. The molecule has 1 aromatic heterocycles. The van der Waals surface area contributed by atoms with Crippen LogP contribution in [0.2, 0.25) is 0 Å². The first-order valence-electron chi connectivity index (χ1n) is 7.06. The molecular weight excluding hydrogens is 282 g/mol. The minimum Gasteiger partial charge on any atom is -0.494 e. The Labute approximate surface area is 129 Å². The number of aromatic nitrogens is 3. The third-order valence-electron chi connectivity index (χ3n) is 3.03. The minimum atomic E-state index is -1.06. The summed E-state index contributed by atoms with van der Waals surface area (Å²) in [5.41, 5.74) is 1.50. The fraction of sp³-hybridized carbons (Fsp3) is 0.312. The highest BCUT2D eigenvalue weighted by Crippen LogP contribution is 2.12. The van der Waals surface area contributed by atoms with Gasteiger partial charge in [0, 0.05) is 0 Å². The monoisotopic (exact) mass is 301 g/mol. The summed E-state index contributed by atoms with van der Waals surface area (Å²) < 4.78 is 7.20. The van der Waals surface area contributed by atoms with Gasteiger partial charge < -0.3 is 9.84 Å². The fourth-order valence-corrected chi connectivity index (χ4v) is 2.08. The number of hydrogen-bond acceptors (Lipinski definition) is 4. The van der Waals surface area contributed by atoms with Crippen LogP contribution in [0.4, 0.5) is 0 Å². The molecule has 0 atom stereocenters. The van der Waals surface area contributed by atoms with Crippen molar-refractivity contribution in [2.24, 2.45) is 0 Å². The van der Waals surface area contributed by atoms with Crippen molar-refractivity contribution in [3.8, 4) is 5.75 Å². The Morgan fingerprint density at radius 1 is 1.36 bits per heavy atom. The molecule has 116 valence electrons. The zero-order valence-corrected chi connectivity index (χ0v) is 12.5. The highest BCUT2D eigenvalue weighted by molar-refractivity contribution is 5.86. The van der Waals surface area contributed by atoms with E-state index in [0.717, 1.165) is 11.3 Å². The second-order valence-corrected chi connectivity index (χ2v) is 5.07. The quantitative estimate of drug-likeness (QED) is 0.599. The molecule has 1 N–H and O–H groups in total. The molecular formula is C16H19N3O3. The van der Waals surface area contributed by atoms with Gasteiger partial charge in [-0.2, -0.15) is 0 Å². The number of para-hydroxylation sites is 1. The molecule has 0 bridgehead atoms. The van der Waals surface area contributed by atoms with Gasteiger partial charge in [-0.1, -0.05) is 35.6 Å². The number of rotatable bonds is 8. The van der Waals surface area contributed by atoms with E-state index in [1.165, 1.54) is 0 Å². The van der Waals surface area contributed by atoms with Crippen LogP contribution in [0.5, 0.6) is 5.75 Å². The summed E-state index contributed by atoms with van der Waals surface area (Å²) in [7, 11) is 0. The lowest BCUT2D eigenvalue weighted by molar-refractivity contribution is 0.0689. The molecule has 0 amide bonds. The summed E-state index contributed by atoms with van der Waals surface area (Å²) in [6.07, 6.45) is 1.22. The van der Waals surface area contributed by atoms with E-state index in [2.05, 4.69) is 16.9 Å². The number of nitrogens with zero attached hydrogens (tertiary/aromatic N) is 3. The lowest BCUT2D eigenvalue weighted by Gasteiger charge is -2.08. The average molecular weight is 301 g/mol. The number of carbonyl (C=O) groups is 1. The molecule has 0 aliphatic carbocycles. The van der Waals surface area contributed by atoms with Crippen molar-refractivity contribution in [2.45, 2.75) is 26.3 Å². The Morgan fingerprint density at radius 2 is 2.09 bits per heavy atom. The lowest BCUT2D eigenvalue weighted by Crippen LogP contribution is -2.11. The van der Waals surface area contributed by atoms with Crippen molar-refractivity contribution >= 4 is 5.97 Å². The van der Waals surface area contributed by atoms with Crippen LogP contribution in [0, 0.1) is 0 Å². The second-order valence-electron chi connectivity index (χ2n) is 5.07. The molecule has 0 fully saturated rings. The van der Waals surface area contributed by atoms with Crippen molar-refractivity contribution in [1.82, 2.24) is 15.0 Å². The Hall–Kier alpha value is -2.63. The van der Waals surface area contributed by atoms with Crippen LogP contribution in [0.25, 0.3) is 0 Å². The van der Waals surface area contributed by atoms with E-state index in [1.807, 2.05) is 37.3 Å². The number of benzene rings is 1. The topological polar surface area (TPSA) is 77.2 Å². The summed E-state index contributed by atoms with van der Waals surface area (Å²) in [6.45, 7) is 6.66. The van der Waals surface area contributed by atoms with Crippen molar-refractivity contribution in [3.63, 3.8) is 0 Å². The summed E-state index contributed by atoms with van der Waals surface area (Å²) in [4.78, 5) is 11.2. The van der Waals surface area contributed by atoms with Gasteiger partial charge in [-0.25, -0.2) is 9.48 Å². The van der Waals surface area contributed by atoms with Crippen LogP contribution < -0.4 is 4.74 Å². The van der Waals surface area contributed by atoms with E-state index >= 15 is 0 Å². The van der Waals surface area contributed by atoms with Gasteiger partial charge >= 0.3 is 5.97 Å². The molecule has 0 saturated heterocycles. The zero-order valence-electron chi connectivity index (χ0n) is 12.5. The smallest absolute Gasteiger partial charge is 0.358 e. The predicted molar refractivity (Wildman–Crippen MR) is 82.1 cm³/mol. The van der Waals surface area contributed by atoms with E-state index in [0.29, 0.717) is 31.7 Å². The summed E-state index contributed by atoms with van der Waals surface area (Å²) in [5.74, 6) is -0.263. The van der Waals surface area contributed by atoms with Crippen LogP contribution in [0.3, 0.4) is 0 Å². The lowest BCUT2D eigenvalue weighted by atomic mass is 10.2. The number of ether oxygens (including phenoxy) is 1. The highest BCUT2D eigenvalue weighted by atomic mass is 16.5. The molecule has 0 aliphatic rings. The number of allylic oxidation sites excluding steroid dienone is 1. The van der Waals surface area contributed by atoms with E-state index in [-0.39, 0.29) is 5.69 Å².